The Morgan fingerprint density at radius 1 is 1.24 bits per heavy atom. The minimum atomic E-state index is -0.669. The van der Waals surface area contributed by atoms with Crippen LogP contribution < -0.4 is 15.4 Å². The molecular weight excluding hydrogens is 366 g/mol. The Labute approximate surface area is 174 Å². The first-order chi connectivity index (χ1) is 13.9. The molecule has 1 unspecified atom stereocenters. The number of aliphatic imine (C=N–C) groups is 1. The molecule has 3 N–H and O–H groups in total. The molecule has 1 aromatic heterocycles. The van der Waals surface area contributed by atoms with E-state index in [0.29, 0.717) is 25.0 Å². The minimum absolute atomic E-state index is 0.0938. The number of nitrogens with zero attached hydrogens (tertiary/aromatic N) is 3. The van der Waals surface area contributed by atoms with Gasteiger partial charge in [-0.25, -0.2) is 9.98 Å². The third-order valence-corrected chi connectivity index (χ3v) is 4.16. The van der Waals surface area contributed by atoms with E-state index in [4.69, 9.17) is 4.74 Å². The van der Waals surface area contributed by atoms with Crippen LogP contribution in [0.4, 0.5) is 0 Å². The van der Waals surface area contributed by atoms with Crippen molar-refractivity contribution in [3.05, 3.63) is 48.0 Å². The Hall–Kier alpha value is -2.54. The number of aliphatic hydroxyl groups excluding tert-OH is 1. The second-order valence-corrected chi connectivity index (χ2v) is 7.72. The highest BCUT2D eigenvalue weighted by Crippen LogP contribution is 2.20. The minimum Gasteiger partial charge on any atom is -0.491 e. The Kier molecular flexibility index (Phi) is 8.99. The highest BCUT2D eigenvalue weighted by molar-refractivity contribution is 5.79. The average Bonchev–Trinajstić information content (AvgIpc) is 3.09. The number of rotatable bonds is 10. The Bertz CT molecular complexity index is 770. The summed E-state index contributed by atoms with van der Waals surface area (Å²) in [6, 6.07) is 7.56. The molecule has 7 heteroatoms. The van der Waals surface area contributed by atoms with Gasteiger partial charge in [0.1, 0.15) is 18.1 Å². The summed E-state index contributed by atoms with van der Waals surface area (Å²) in [5, 5.41) is 17.0. The summed E-state index contributed by atoms with van der Waals surface area (Å²) in [7, 11) is 0. The van der Waals surface area contributed by atoms with E-state index in [1.54, 1.807) is 0 Å². The summed E-state index contributed by atoms with van der Waals surface area (Å²) in [5.41, 5.74) is 0.805. The standard InChI is InChI=1S/C22H35N5O2/c1-6-23-22(26-14-21-24-10-11-27(21)15-16(2)3)25-13-20(28)18-8-7-9-19(12-18)29-17(4)5/h7-12,16-17,20,28H,6,13-15H2,1-5H3,(H2,23,25,26). The number of hydrogen-bond acceptors (Lipinski definition) is 4. The number of guanidine groups is 1. The first-order valence-electron chi connectivity index (χ1n) is 10.4. The van der Waals surface area contributed by atoms with Gasteiger partial charge in [-0.3, -0.25) is 0 Å². The molecule has 2 aromatic rings. The molecular formula is C22H35N5O2. The molecule has 0 amide bonds. The van der Waals surface area contributed by atoms with Crippen molar-refractivity contribution in [3.8, 4) is 5.75 Å². The van der Waals surface area contributed by atoms with Gasteiger partial charge in [-0.05, 0) is 44.4 Å². The fourth-order valence-corrected chi connectivity index (χ4v) is 2.92. The van der Waals surface area contributed by atoms with Crippen molar-refractivity contribution >= 4 is 5.96 Å². The van der Waals surface area contributed by atoms with Crippen LogP contribution in [0.2, 0.25) is 0 Å². The molecule has 0 saturated heterocycles. The lowest BCUT2D eigenvalue weighted by Crippen LogP contribution is -2.39. The second-order valence-electron chi connectivity index (χ2n) is 7.72. The Morgan fingerprint density at radius 3 is 2.72 bits per heavy atom. The number of imidazole rings is 1. The molecule has 0 fully saturated rings. The summed E-state index contributed by atoms with van der Waals surface area (Å²) < 4.78 is 7.84. The van der Waals surface area contributed by atoms with Crippen LogP contribution in [-0.2, 0) is 13.1 Å². The van der Waals surface area contributed by atoms with Gasteiger partial charge in [0, 0.05) is 32.0 Å². The van der Waals surface area contributed by atoms with Crippen molar-refractivity contribution in [1.82, 2.24) is 20.2 Å². The summed E-state index contributed by atoms with van der Waals surface area (Å²) >= 11 is 0. The topological polar surface area (TPSA) is 83.7 Å². The Balaban J connectivity index is 1.98. The largest absolute Gasteiger partial charge is 0.491 e. The molecule has 160 valence electrons. The molecule has 0 saturated carbocycles. The second kappa shape index (κ2) is 11.5. The molecule has 0 spiro atoms. The van der Waals surface area contributed by atoms with Crippen LogP contribution in [0, 0.1) is 5.92 Å². The maximum Gasteiger partial charge on any atom is 0.191 e. The monoisotopic (exact) mass is 401 g/mol. The fourth-order valence-electron chi connectivity index (χ4n) is 2.92. The van der Waals surface area contributed by atoms with Crippen LogP contribution in [0.15, 0.2) is 41.7 Å². The van der Waals surface area contributed by atoms with E-state index in [-0.39, 0.29) is 6.10 Å². The van der Waals surface area contributed by atoms with E-state index >= 15 is 0 Å². The fraction of sp³-hybridized carbons (Fsp3) is 0.545. The van der Waals surface area contributed by atoms with Crippen LogP contribution in [-0.4, -0.2) is 39.8 Å². The summed E-state index contributed by atoms with van der Waals surface area (Å²) in [6.45, 7) is 12.8. The zero-order valence-corrected chi connectivity index (χ0v) is 18.2. The lowest BCUT2D eigenvalue weighted by Gasteiger charge is -2.17. The van der Waals surface area contributed by atoms with E-state index in [1.165, 1.54) is 0 Å². The van der Waals surface area contributed by atoms with Crippen molar-refractivity contribution in [2.75, 3.05) is 13.1 Å². The van der Waals surface area contributed by atoms with E-state index in [1.807, 2.05) is 57.4 Å². The van der Waals surface area contributed by atoms with Crippen LogP contribution in [0.5, 0.6) is 5.75 Å². The maximum atomic E-state index is 10.6. The third kappa shape index (κ3) is 7.77. The van der Waals surface area contributed by atoms with Gasteiger partial charge in [0.2, 0.25) is 0 Å². The van der Waals surface area contributed by atoms with Gasteiger partial charge < -0.3 is 25.0 Å². The van der Waals surface area contributed by atoms with E-state index in [9.17, 15) is 5.11 Å². The van der Waals surface area contributed by atoms with Gasteiger partial charge in [0.25, 0.3) is 0 Å². The number of aromatic nitrogens is 2. The first kappa shape index (κ1) is 22.7. The molecule has 7 nitrogen and oxygen atoms in total. The number of hydrogen-bond donors (Lipinski definition) is 3. The third-order valence-electron chi connectivity index (χ3n) is 4.16. The molecule has 0 aliphatic rings. The summed E-state index contributed by atoms with van der Waals surface area (Å²) in [4.78, 5) is 9.04. The van der Waals surface area contributed by atoms with E-state index < -0.39 is 6.10 Å². The van der Waals surface area contributed by atoms with Gasteiger partial charge in [-0.1, -0.05) is 26.0 Å². The van der Waals surface area contributed by atoms with Crippen molar-refractivity contribution in [2.45, 2.75) is 59.9 Å². The molecule has 0 aliphatic carbocycles. The van der Waals surface area contributed by atoms with Gasteiger partial charge in [-0.15, -0.1) is 0 Å². The van der Waals surface area contributed by atoms with E-state index in [2.05, 4.69) is 39.0 Å². The zero-order chi connectivity index (χ0) is 21.2. The number of benzene rings is 1. The predicted octanol–water partition coefficient (Wildman–Crippen LogP) is 3.12. The predicted molar refractivity (Wildman–Crippen MR) is 117 cm³/mol. The highest BCUT2D eigenvalue weighted by Gasteiger charge is 2.11. The lowest BCUT2D eigenvalue weighted by molar-refractivity contribution is 0.179. The quantitative estimate of drug-likeness (QED) is 0.421. The molecule has 0 radical (unpaired) electrons. The van der Waals surface area contributed by atoms with Crippen molar-refractivity contribution < 1.29 is 9.84 Å². The highest BCUT2D eigenvalue weighted by atomic mass is 16.5. The smallest absolute Gasteiger partial charge is 0.191 e. The summed E-state index contributed by atoms with van der Waals surface area (Å²) in [6.07, 6.45) is 3.22. The van der Waals surface area contributed by atoms with Crippen LogP contribution in [0.25, 0.3) is 0 Å². The van der Waals surface area contributed by atoms with Crippen LogP contribution in [0.3, 0.4) is 0 Å². The SMILES string of the molecule is CCNC(=NCc1nccn1CC(C)C)NCC(O)c1cccc(OC(C)C)c1. The number of nitrogens with one attached hydrogen (secondary N) is 2. The number of ether oxygens (including phenoxy) is 1. The van der Waals surface area contributed by atoms with Gasteiger partial charge in [-0.2, -0.15) is 0 Å². The normalized spacial score (nSPS) is 13.0. The average molecular weight is 402 g/mol. The molecule has 2 rings (SSSR count). The van der Waals surface area contributed by atoms with Crippen molar-refractivity contribution in [3.63, 3.8) is 0 Å². The summed E-state index contributed by atoms with van der Waals surface area (Å²) in [5.74, 6) is 2.88. The molecule has 29 heavy (non-hydrogen) atoms. The van der Waals surface area contributed by atoms with Gasteiger partial charge in [0.15, 0.2) is 5.96 Å². The van der Waals surface area contributed by atoms with Gasteiger partial charge in [0.05, 0.1) is 12.2 Å². The number of aliphatic hydroxyl groups is 1. The lowest BCUT2D eigenvalue weighted by atomic mass is 10.1. The molecule has 1 atom stereocenters. The molecule has 1 aromatic carbocycles. The van der Waals surface area contributed by atoms with Crippen LogP contribution in [0.1, 0.15) is 52.1 Å². The zero-order valence-electron chi connectivity index (χ0n) is 18.2. The maximum absolute atomic E-state index is 10.6. The van der Waals surface area contributed by atoms with E-state index in [0.717, 1.165) is 30.2 Å². The Morgan fingerprint density at radius 2 is 2.03 bits per heavy atom. The molecule has 0 aliphatic heterocycles. The van der Waals surface area contributed by atoms with Crippen molar-refractivity contribution in [2.24, 2.45) is 10.9 Å². The molecule has 0 bridgehead atoms. The van der Waals surface area contributed by atoms with Crippen LogP contribution >= 0.6 is 0 Å². The molecule has 1 heterocycles. The van der Waals surface area contributed by atoms with Gasteiger partial charge >= 0.3 is 0 Å². The first-order valence-corrected chi connectivity index (χ1v) is 10.4. The van der Waals surface area contributed by atoms with Crippen molar-refractivity contribution in [1.29, 1.82) is 0 Å².